The number of rotatable bonds is 4. The molecule has 5 atom stereocenters. The van der Waals surface area contributed by atoms with E-state index in [0.29, 0.717) is 12.8 Å². The molecule has 5 heteroatoms. The van der Waals surface area contributed by atoms with Gasteiger partial charge < -0.3 is 14.6 Å². The number of hydrogen-bond donors (Lipinski definition) is 1. The maximum Gasteiger partial charge on any atom is 0.302 e. The third-order valence-electron chi connectivity index (χ3n) is 7.10. The highest BCUT2D eigenvalue weighted by atomic mass is 79.9. The number of aliphatic hydroxyl groups is 1. The topological polar surface area (TPSA) is 55.8 Å². The van der Waals surface area contributed by atoms with Gasteiger partial charge in [-0.25, -0.2) is 0 Å². The molecule has 0 aromatic rings. The van der Waals surface area contributed by atoms with Gasteiger partial charge in [0, 0.05) is 36.3 Å². The molecule has 0 spiro atoms. The number of esters is 1. The predicted octanol–water partition coefficient (Wildman–Crippen LogP) is 4.51. The highest BCUT2D eigenvalue weighted by Crippen LogP contribution is 2.60. The van der Waals surface area contributed by atoms with Crippen LogP contribution in [0.15, 0.2) is 22.2 Å². The van der Waals surface area contributed by atoms with E-state index in [1.165, 1.54) is 6.92 Å². The average Bonchev–Trinajstić information content (AvgIpc) is 2.84. The molecule has 0 saturated heterocycles. The molecule has 0 heterocycles. The van der Waals surface area contributed by atoms with Crippen LogP contribution in [0.2, 0.25) is 0 Å². The lowest BCUT2D eigenvalue weighted by Gasteiger charge is -2.44. The Morgan fingerprint density at radius 1 is 1.38 bits per heavy atom. The van der Waals surface area contributed by atoms with E-state index >= 15 is 0 Å². The maximum atomic E-state index is 11.5. The highest BCUT2D eigenvalue weighted by molar-refractivity contribution is 9.11. The Morgan fingerprint density at radius 2 is 2.04 bits per heavy atom. The zero-order valence-corrected chi connectivity index (χ0v) is 18.1. The van der Waals surface area contributed by atoms with Gasteiger partial charge in [0.05, 0.1) is 11.7 Å². The van der Waals surface area contributed by atoms with Crippen molar-refractivity contribution in [2.24, 2.45) is 16.7 Å². The van der Waals surface area contributed by atoms with Crippen LogP contribution in [0, 0.1) is 16.7 Å². The van der Waals surface area contributed by atoms with Crippen molar-refractivity contribution in [2.45, 2.75) is 77.6 Å². The molecule has 0 aliphatic heterocycles. The Kier molecular flexibility index (Phi) is 4.99. The summed E-state index contributed by atoms with van der Waals surface area (Å²) in [4.78, 5) is 11.5. The fourth-order valence-corrected chi connectivity index (χ4v) is 6.07. The van der Waals surface area contributed by atoms with Crippen LogP contribution in [-0.4, -0.2) is 36.0 Å². The number of carbonyl (C=O) groups excluding carboxylic acids is 1. The van der Waals surface area contributed by atoms with Gasteiger partial charge in [-0.15, -0.1) is 0 Å². The Labute approximate surface area is 165 Å². The summed E-state index contributed by atoms with van der Waals surface area (Å²) in [6.45, 7) is 12.1. The molecule has 0 aromatic heterocycles. The molecule has 2 saturated carbocycles. The summed E-state index contributed by atoms with van der Waals surface area (Å²) < 4.78 is 12.6. The van der Waals surface area contributed by atoms with Gasteiger partial charge in [0.15, 0.2) is 0 Å². The number of carbonyl (C=O) groups is 1. The number of halogens is 1. The van der Waals surface area contributed by atoms with E-state index in [2.05, 4.69) is 43.3 Å². The molecule has 3 rings (SSSR count). The second-order valence-electron chi connectivity index (χ2n) is 9.29. The molecule has 0 aromatic carbocycles. The Hall–Kier alpha value is -0.650. The maximum absolute atomic E-state index is 11.5. The summed E-state index contributed by atoms with van der Waals surface area (Å²) in [6, 6.07) is 0. The van der Waals surface area contributed by atoms with Gasteiger partial charge >= 0.3 is 5.97 Å². The molecule has 1 N–H and O–H groups in total. The van der Waals surface area contributed by atoms with Gasteiger partial charge in [0.1, 0.15) is 6.10 Å². The first-order chi connectivity index (χ1) is 11.9. The van der Waals surface area contributed by atoms with Crippen molar-refractivity contribution in [1.29, 1.82) is 0 Å². The minimum Gasteiger partial charge on any atom is -0.461 e. The van der Waals surface area contributed by atoms with Crippen LogP contribution in [0.1, 0.15) is 59.8 Å². The molecule has 2 fully saturated rings. The summed E-state index contributed by atoms with van der Waals surface area (Å²) >= 11 is 3.77. The van der Waals surface area contributed by atoms with E-state index in [9.17, 15) is 9.90 Å². The summed E-state index contributed by atoms with van der Waals surface area (Å²) in [5.74, 6) is -0.244. The fourth-order valence-electron chi connectivity index (χ4n) is 5.43. The molecular formula is C21H31BrO4. The molecular weight excluding hydrogens is 396 g/mol. The largest absolute Gasteiger partial charge is 0.461 e. The fraction of sp³-hybridized carbons (Fsp3) is 0.762. The van der Waals surface area contributed by atoms with E-state index in [4.69, 9.17) is 9.47 Å². The zero-order valence-electron chi connectivity index (χ0n) is 16.5. The Bertz CT molecular complexity index is 667. The van der Waals surface area contributed by atoms with Gasteiger partial charge in [-0.2, -0.15) is 0 Å². The van der Waals surface area contributed by atoms with Crippen LogP contribution >= 0.6 is 15.9 Å². The van der Waals surface area contributed by atoms with Crippen LogP contribution in [0.3, 0.4) is 0 Å². The second kappa shape index (κ2) is 6.46. The van der Waals surface area contributed by atoms with Crippen molar-refractivity contribution in [3.05, 3.63) is 22.2 Å². The number of fused-ring (bicyclic) bond motifs is 2. The highest BCUT2D eigenvalue weighted by Gasteiger charge is 2.58. The quantitative estimate of drug-likeness (QED) is 0.530. The normalized spacial score (nSPS) is 40.0. The molecule has 0 amide bonds. The van der Waals surface area contributed by atoms with Crippen molar-refractivity contribution >= 4 is 21.9 Å². The first-order valence-corrected chi connectivity index (χ1v) is 10.2. The van der Waals surface area contributed by atoms with E-state index in [1.807, 2.05) is 0 Å². The molecule has 4 nitrogen and oxygen atoms in total. The monoisotopic (exact) mass is 426 g/mol. The number of ether oxygens (including phenoxy) is 2. The van der Waals surface area contributed by atoms with Crippen LogP contribution in [0.5, 0.6) is 0 Å². The van der Waals surface area contributed by atoms with Gasteiger partial charge in [-0.3, -0.25) is 4.79 Å². The minimum atomic E-state index is -0.769. The standard InChI is InChI=1S/C21H31BrO4/c1-12-10-21(24)11-20(12,5)8-7-15(21)17(25-6)14-9-16(26-13(2)23)19(3,4)18(14)22/h15-17,24H,1,7-11H2,2-6H3/t15-,16-,17+,20-,21+/m0/s1. The smallest absolute Gasteiger partial charge is 0.302 e. The van der Waals surface area contributed by atoms with Crippen molar-refractivity contribution < 1.29 is 19.4 Å². The van der Waals surface area contributed by atoms with E-state index in [0.717, 1.165) is 34.9 Å². The Morgan fingerprint density at radius 3 is 2.62 bits per heavy atom. The van der Waals surface area contributed by atoms with Gasteiger partial charge in [-0.1, -0.05) is 48.9 Å². The van der Waals surface area contributed by atoms with Gasteiger partial charge in [-0.05, 0) is 36.7 Å². The summed E-state index contributed by atoms with van der Waals surface area (Å²) in [5, 5.41) is 11.4. The van der Waals surface area contributed by atoms with Gasteiger partial charge in [0.2, 0.25) is 0 Å². The van der Waals surface area contributed by atoms with E-state index < -0.39 is 5.60 Å². The van der Waals surface area contributed by atoms with E-state index in [-0.39, 0.29) is 34.9 Å². The van der Waals surface area contributed by atoms with Crippen LogP contribution in [-0.2, 0) is 14.3 Å². The van der Waals surface area contributed by atoms with Crippen LogP contribution in [0.4, 0.5) is 0 Å². The van der Waals surface area contributed by atoms with Crippen molar-refractivity contribution in [3.63, 3.8) is 0 Å². The molecule has 0 unspecified atom stereocenters. The molecule has 26 heavy (non-hydrogen) atoms. The third kappa shape index (κ3) is 3.00. The first-order valence-electron chi connectivity index (χ1n) is 9.44. The molecule has 146 valence electrons. The number of hydrogen-bond acceptors (Lipinski definition) is 4. The lowest BCUT2D eigenvalue weighted by atomic mass is 9.67. The molecule has 0 radical (unpaired) electrons. The van der Waals surface area contributed by atoms with Crippen LogP contribution < -0.4 is 0 Å². The van der Waals surface area contributed by atoms with Crippen molar-refractivity contribution in [1.82, 2.24) is 0 Å². The summed E-state index contributed by atoms with van der Waals surface area (Å²) in [5.41, 5.74) is 1.25. The zero-order chi connectivity index (χ0) is 19.5. The SMILES string of the molecule is C=C1C[C@@]2(O)C[C@]1(C)CC[C@H]2[C@H](OC)C1=C(Br)C(C)(C)[C@@H](OC(C)=O)C1. The average molecular weight is 427 g/mol. The lowest BCUT2D eigenvalue weighted by Crippen LogP contribution is -2.47. The predicted molar refractivity (Wildman–Crippen MR) is 105 cm³/mol. The molecule has 3 aliphatic carbocycles. The molecule has 2 bridgehead atoms. The lowest BCUT2D eigenvalue weighted by molar-refractivity contribution is -0.150. The van der Waals surface area contributed by atoms with E-state index in [1.54, 1.807) is 7.11 Å². The molecule has 3 aliphatic rings. The summed E-state index contributed by atoms with van der Waals surface area (Å²) in [7, 11) is 1.71. The van der Waals surface area contributed by atoms with Crippen molar-refractivity contribution in [2.75, 3.05) is 7.11 Å². The number of methoxy groups -OCH3 is 1. The third-order valence-corrected chi connectivity index (χ3v) is 8.63. The van der Waals surface area contributed by atoms with Crippen LogP contribution in [0.25, 0.3) is 0 Å². The second-order valence-corrected chi connectivity index (χ2v) is 10.1. The van der Waals surface area contributed by atoms with Crippen molar-refractivity contribution in [3.8, 4) is 0 Å². The summed E-state index contributed by atoms with van der Waals surface area (Å²) in [6.07, 6.45) is 3.57. The minimum absolute atomic E-state index is 0.0225. The first kappa shape index (κ1) is 20.1. The Balaban J connectivity index is 1.91. The van der Waals surface area contributed by atoms with Gasteiger partial charge in [0.25, 0.3) is 0 Å².